The zero-order valence-electron chi connectivity index (χ0n) is 19.0. The number of hydrogen-bond acceptors (Lipinski definition) is 5. The summed E-state index contributed by atoms with van der Waals surface area (Å²) in [6, 6.07) is 11.9. The van der Waals surface area contributed by atoms with E-state index in [0.717, 1.165) is 18.4 Å². The number of halogens is 1. The lowest BCUT2D eigenvalue weighted by Crippen LogP contribution is -2.31. The lowest BCUT2D eigenvalue weighted by molar-refractivity contribution is -0.137. The Balaban J connectivity index is 1.63. The SMILES string of the molecule is COc1ccc(C(CC(=O)O)NC(=O)c2cc(OCC3CC3)n(-c3ccccc3F)n2)c(C)c1. The van der Waals surface area contributed by atoms with Gasteiger partial charge in [-0.3, -0.25) is 9.59 Å². The minimum Gasteiger partial charge on any atom is -0.497 e. The number of aliphatic carboxylic acids is 1. The van der Waals surface area contributed by atoms with E-state index in [1.807, 2.05) is 6.92 Å². The van der Waals surface area contributed by atoms with Gasteiger partial charge in [-0.15, -0.1) is 0 Å². The van der Waals surface area contributed by atoms with Crippen molar-refractivity contribution in [3.05, 3.63) is 71.2 Å². The van der Waals surface area contributed by atoms with Crippen LogP contribution in [0.5, 0.6) is 11.6 Å². The monoisotopic (exact) mass is 467 g/mol. The Morgan fingerprint density at radius 1 is 1.24 bits per heavy atom. The average Bonchev–Trinajstić information content (AvgIpc) is 3.54. The zero-order chi connectivity index (χ0) is 24.2. The maximum atomic E-state index is 14.5. The molecule has 0 radical (unpaired) electrons. The van der Waals surface area contributed by atoms with Gasteiger partial charge in [0.05, 0.1) is 26.2 Å². The summed E-state index contributed by atoms with van der Waals surface area (Å²) in [6.07, 6.45) is 1.82. The van der Waals surface area contributed by atoms with Crippen LogP contribution in [0, 0.1) is 18.7 Å². The molecule has 1 unspecified atom stereocenters. The smallest absolute Gasteiger partial charge is 0.305 e. The van der Waals surface area contributed by atoms with Crippen molar-refractivity contribution in [3.63, 3.8) is 0 Å². The number of carboxylic acid groups (broad SMARTS) is 1. The predicted octanol–water partition coefficient (Wildman–Crippen LogP) is 4.06. The van der Waals surface area contributed by atoms with E-state index < -0.39 is 23.7 Å². The van der Waals surface area contributed by atoms with Crippen LogP contribution in [0.1, 0.15) is 46.9 Å². The van der Waals surface area contributed by atoms with E-state index in [2.05, 4.69) is 10.4 Å². The van der Waals surface area contributed by atoms with Crippen LogP contribution in [0.25, 0.3) is 5.69 Å². The fourth-order valence-corrected chi connectivity index (χ4v) is 3.67. The highest BCUT2D eigenvalue weighted by Gasteiger charge is 2.26. The van der Waals surface area contributed by atoms with E-state index in [1.54, 1.807) is 43.5 Å². The molecule has 1 fully saturated rings. The molecule has 1 amide bonds. The molecule has 178 valence electrons. The molecule has 1 aliphatic rings. The minimum absolute atomic E-state index is 0.00407. The van der Waals surface area contributed by atoms with Gasteiger partial charge in [-0.25, -0.2) is 4.39 Å². The Hall–Kier alpha value is -3.88. The molecule has 4 rings (SSSR count). The fraction of sp³-hybridized carbons (Fsp3) is 0.320. The highest BCUT2D eigenvalue weighted by Crippen LogP contribution is 2.31. The predicted molar refractivity (Wildman–Crippen MR) is 122 cm³/mol. The van der Waals surface area contributed by atoms with Gasteiger partial charge >= 0.3 is 5.97 Å². The van der Waals surface area contributed by atoms with Gasteiger partial charge in [-0.05, 0) is 61.1 Å². The van der Waals surface area contributed by atoms with Gasteiger partial charge in [0.2, 0.25) is 5.88 Å². The molecule has 2 aromatic carbocycles. The number of nitrogens with one attached hydrogen (secondary N) is 1. The molecule has 3 aromatic rings. The van der Waals surface area contributed by atoms with Crippen molar-refractivity contribution >= 4 is 11.9 Å². The highest BCUT2D eigenvalue weighted by atomic mass is 19.1. The van der Waals surface area contributed by atoms with Crippen LogP contribution < -0.4 is 14.8 Å². The van der Waals surface area contributed by atoms with E-state index in [4.69, 9.17) is 9.47 Å². The van der Waals surface area contributed by atoms with E-state index in [9.17, 15) is 19.1 Å². The lowest BCUT2D eigenvalue weighted by Gasteiger charge is -2.19. The summed E-state index contributed by atoms with van der Waals surface area (Å²) in [7, 11) is 1.54. The maximum absolute atomic E-state index is 14.5. The van der Waals surface area contributed by atoms with Crippen LogP contribution in [0.4, 0.5) is 4.39 Å². The fourth-order valence-electron chi connectivity index (χ4n) is 3.67. The second kappa shape index (κ2) is 9.94. The van der Waals surface area contributed by atoms with Crippen molar-refractivity contribution in [3.8, 4) is 17.3 Å². The summed E-state index contributed by atoms with van der Waals surface area (Å²) in [4.78, 5) is 24.6. The summed E-state index contributed by atoms with van der Waals surface area (Å²) in [6.45, 7) is 2.27. The van der Waals surface area contributed by atoms with Crippen LogP contribution >= 0.6 is 0 Å². The third-order valence-electron chi connectivity index (χ3n) is 5.69. The second-order valence-electron chi connectivity index (χ2n) is 8.33. The molecule has 1 atom stereocenters. The lowest BCUT2D eigenvalue weighted by atomic mass is 9.98. The number of carboxylic acids is 1. The first-order chi connectivity index (χ1) is 16.4. The minimum atomic E-state index is -1.06. The molecule has 0 bridgehead atoms. The topological polar surface area (TPSA) is 103 Å². The Kier molecular flexibility index (Phi) is 6.81. The summed E-state index contributed by atoms with van der Waals surface area (Å²) >= 11 is 0. The number of rotatable bonds is 10. The maximum Gasteiger partial charge on any atom is 0.305 e. The van der Waals surface area contributed by atoms with Gasteiger partial charge < -0.3 is 19.9 Å². The molecule has 1 heterocycles. The van der Waals surface area contributed by atoms with Crippen LogP contribution in [0.2, 0.25) is 0 Å². The number of ether oxygens (including phenoxy) is 2. The summed E-state index contributed by atoms with van der Waals surface area (Å²) in [5.41, 5.74) is 1.57. The summed E-state index contributed by atoms with van der Waals surface area (Å²) < 4.78 is 26.8. The molecular weight excluding hydrogens is 441 g/mol. The highest BCUT2D eigenvalue weighted by molar-refractivity contribution is 5.93. The Morgan fingerprint density at radius 2 is 2.00 bits per heavy atom. The number of methoxy groups -OCH3 is 1. The van der Waals surface area contributed by atoms with Gasteiger partial charge in [-0.1, -0.05) is 18.2 Å². The van der Waals surface area contributed by atoms with Crippen LogP contribution in [0.15, 0.2) is 48.5 Å². The van der Waals surface area contributed by atoms with Gasteiger partial charge in [0.15, 0.2) is 5.69 Å². The number of carbonyl (C=O) groups is 2. The number of benzene rings is 2. The molecule has 8 nitrogen and oxygen atoms in total. The Morgan fingerprint density at radius 3 is 2.65 bits per heavy atom. The molecule has 1 saturated carbocycles. The molecule has 0 spiro atoms. The van der Waals surface area contributed by atoms with Crippen LogP contribution in [0.3, 0.4) is 0 Å². The number of hydrogen-bond donors (Lipinski definition) is 2. The van der Waals surface area contributed by atoms with E-state index in [1.165, 1.54) is 16.8 Å². The normalized spacial score (nSPS) is 13.9. The van der Waals surface area contributed by atoms with Gasteiger partial charge in [0.25, 0.3) is 5.91 Å². The van der Waals surface area contributed by atoms with E-state index in [0.29, 0.717) is 23.8 Å². The molecule has 1 aromatic heterocycles. The van der Waals surface area contributed by atoms with Crippen molar-refractivity contribution in [1.82, 2.24) is 15.1 Å². The summed E-state index contributed by atoms with van der Waals surface area (Å²) in [5, 5.41) is 16.5. The van der Waals surface area contributed by atoms with Gasteiger partial charge in [0.1, 0.15) is 17.3 Å². The van der Waals surface area contributed by atoms with Crippen molar-refractivity contribution in [2.45, 2.75) is 32.2 Å². The second-order valence-corrected chi connectivity index (χ2v) is 8.33. The quantitative estimate of drug-likeness (QED) is 0.466. The first kappa shape index (κ1) is 23.3. The third-order valence-corrected chi connectivity index (χ3v) is 5.69. The largest absolute Gasteiger partial charge is 0.497 e. The average molecular weight is 467 g/mol. The number of para-hydroxylation sites is 1. The molecule has 2 N–H and O–H groups in total. The Bertz CT molecular complexity index is 1210. The van der Waals surface area contributed by atoms with Crippen LogP contribution in [-0.4, -0.2) is 40.5 Å². The van der Waals surface area contributed by atoms with Crippen LogP contribution in [-0.2, 0) is 4.79 Å². The zero-order valence-corrected chi connectivity index (χ0v) is 19.0. The first-order valence-electron chi connectivity index (χ1n) is 11.0. The number of nitrogens with zero attached hydrogens (tertiary/aromatic N) is 2. The molecular formula is C25H26FN3O5. The summed E-state index contributed by atoms with van der Waals surface area (Å²) in [5.74, 6) is -0.843. The van der Waals surface area contributed by atoms with Crippen molar-refractivity contribution < 1.29 is 28.6 Å². The van der Waals surface area contributed by atoms with E-state index >= 15 is 0 Å². The van der Waals surface area contributed by atoms with Crippen molar-refractivity contribution in [2.24, 2.45) is 5.92 Å². The van der Waals surface area contributed by atoms with Gasteiger partial charge in [0, 0.05) is 6.07 Å². The Labute approximate surface area is 196 Å². The van der Waals surface area contributed by atoms with Gasteiger partial charge in [-0.2, -0.15) is 9.78 Å². The first-order valence-corrected chi connectivity index (χ1v) is 11.0. The van der Waals surface area contributed by atoms with Crippen molar-refractivity contribution in [2.75, 3.05) is 13.7 Å². The molecule has 34 heavy (non-hydrogen) atoms. The number of amides is 1. The number of aryl methyl sites for hydroxylation is 1. The molecule has 0 aliphatic heterocycles. The third kappa shape index (κ3) is 5.36. The molecule has 0 saturated heterocycles. The standard InChI is InChI=1S/C25H26FN3O5/c1-15-11-17(33-2)9-10-18(15)20(13-24(30)31)27-25(32)21-12-23(34-14-16-7-8-16)29(28-21)22-6-4-3-5-19(22)26/h3-6,9-12,16,20H,7-8,13-14H2,1-2H3,(H,27,32)(H,30,31). The molecule has 9 heteroatoms. The van der Waals surface area contributed by atoms with E-state index in [-0.39, 0.29) is 23.7 Å². The number of carbonyl (C=O) groups excluding carboxylic acids is 1. The van der Waals surface area contributed by atoms with Crippen molar-refractivity contribution in [1.29, 1.82) is 0 Å². The number of aromatic nitrogens is 2. The molecule has 1 aliphatic carbocycles.